The maximum atomic E-state index is 10.4. The summed E-state index contributed by atoms with van der Waals surface area (Å²) in [4.78, 5) is 10.4. The van der Waals surface area contributed by atoms with Crippen molar-refractivity contribution in [1.29, 1.82) is 0 Å². The number of aldehydes is 1. The predicted octanol–water partition coefficient (Wildman–Crippen LogP) is 0.0417. The summed E-state index contributed by atoms with van der Waals surface area (Å²) < 4.78 is 0. The van der Waals surface area contributed by atoms with Crippen molar-refractivity contribution in [3.8, 4) is 0 Å². The van der Waals surface area contributed by atoms with E-state index in [4.69, 9.17) is 11.5 Å². The van der Waals surface area contributed by atoms with Crippen LogP contribution < -0.4 is 11.5 Å². The molecule has 0 fully saturated rings. The Kier molecular flexibility index (Phi) is 2.58. The van der Waals surface area contributed by atoms with Gasteiger partial charge in [-0.2, -0.15) is 0 Å². The van der Waals surface area contributed by atoms with Crippen molar-refractivity contribution in [2.24, 2.45) is 11.5 Å². The fraction of sp³-hybridized carbons (Fsp3) is 0.222. The highest BCUT2D eigenvalue weighted by atomic mass is 16.1. The second kappa shape index (κ2) is 3.47. The smallest absolute Gasteiger partial charge is 0.154 e. The molecule has 64 valence electrons. The average molecular weight is 164 g/mol. The van der Waals surface area contributed by atoms with E-state index in [9.17, 15) is 4.79 Å². The zero-order valence-corrected chi connectivity index (χ0v) is 6.73. The normalized spacial score (nSPS) is 11.2. The fourth-order valence-corrected chi connectivity index (χ4v) is 0.991. The van der Waals surface area contributed by atoms with E-state index in [1.807, 2.05) is 30.3 Å². The van der Waals surface area contributed by atoms with Gasteiger partial charge in [-0.25, -0.2) is 0 Å². The third-order valence-electron chi connectivity index (χ3n) is 1.57. The Morgan fingerprint density at radius 3 is 2.33 bits per heavy atom. The standard InChI is InChI=1S/C9H12N2O/c10-9(11,7-12)6-8-4-2-1-3-5-8/h1-5,7H,6,10-11H2. The van der Waals surface area contributed by atoms with E-state index in [2.05, 4.69) is 0 Å². The zero-order valence-electron chi connectivity index (χ0n) is 6.73. The minimum Gasteiger partial charge on any atom is -0.307 e. The summed E-state index contributed by atoms with van der Waals surface area (Å²) >= 11 is 0. The molecular weight excluding hydrogens is 152 g/mol. The van der Waals surface area contributed by atoms with Gasteiger partial charge in [-0.15, -0.1) is 0 Å². The maximum Gasteiger partial charge on any atom is 0.154 e. The molecule has 0 amide bonds. The number of hydrogen-bond acceptors (Lipinski definition) is 3. The van der Waals surface area contributed by atoms with E-state index in [1.165, 1.54) is 0 Å². The molecule has 12 heavy (non-hydrogen) atoms. The molecule has 0 radical (unpaired) electrons. The van der Waals surface area contributed by atoms with Crippen molar-refractivity contribution in [2.75, 3.05) is 0 Å². The van der Waals surface area contributed by atoms with Gasteiger partial charge < -0.3 is 11.5 Å². The minimum absolute atomic E-state index is 0.372. The number of carbonyl (C=O) groups excluding carboxylic acids is 1. The molecule has 0 heterocycles. The van der Waals surface area contributed by atoms with E-state index in [-0.39, 0.29) is 0 Å². The first-order valence-electron chi connectivity index (χ1n) is 3.72. The van der Waals surface area contributed by atoms with E-state index in [0.29, 0.717) is 12.7 Å². The van der Waals surface area contributed by atoms with Crippen LogP contribution in [-0.2, 0) is 11.2 Å². The van der Waals surface area contributed by atoms with Crippen LogP contribution in [0.3, 0.4) is 0 Å². The number of rotatable bonds is 3. The van der Waals surface area contributed by atoms with Crippen molar-refractivity contribution in [2.45, 2.75) is 12.1 Å². The molecule has 0 atom stereocenters. The van der Waals surface area contributed by atoms with Crippen LogP contribution >= 0.6 is 0 Å². The van der Waals surface area contributed by atoms with E-state index < -0.39 is 5.66 Å². The van der Waals surface area contributed by atoms with Crippen molar-refractivity contribution < 1.29 is 4.79 Å². The molecule has 3 nitrogen and oxygen atoms in total. The fourth-order valence-electron chi connectivity index (χ4n) is 0.991. The van der Waals surface area contributed by atoms with Crippen LogP contribution in [-0.4, -0.2) is 11.9 Å². The highest BCUT2D eigenvalue weighted by molar-refractivity contribution is 5.63. The second-order valence-corrected chi connectivity index (χ2v) is 2.89. The van der Waals surface area contributed by atoms with Gasteiger partial charge in [0.05, 0.1) is 0 Å². The predicted molar refractivity (Wildman–Crippen MR) is 47.3 cm³/mol. The Morgan fingerprint density at radius 2 is 1.83 bits per heavy atom. The third kappa shape index (κ3) is 2.45. The van der Waals surface area contributed by atoms with Crippen molar-refractivity contribution in [3.63, 3.8) is 0 Å². The molecule has 1 rings (SSSR count). The van der Waals surface area contributed by atoms with Crippen LogP contribution in [0.25, 0.3) is 0 Å². The van der Waals surface area contributed by atoms with Crippen LogP contribution in [0.2, 0.25) is 0 Å². The monoisotopic (exact) mass is 164 g/mol. The Bertz CT molecular complexity index is 256. The molecule has 0 saturated heterocycles. The van der Waals surface area contributed by atoms with Gasteiger partial charge in [0, 0.05) is 6.42 Å². The highest BCUT2D eigenvalue weighted by Gasteiger charge is 2.17. The Morgan fingerprint density at radius 1 is 1.25 bits per heavy atom. The van der Waals surface area contributed by atoms with Gasteiger partial charge in [0.15, 0.2) is 6.29 Å². The van der Waals surface area contributed by atoms with Crippen LogP contribution in [0.15, 0.2) is 30.3 Å². The number of hydrogen-bond donors (Lipinski definition) is 2. The Balaban J connectivity index is 2.70. The zero-order chi connectivity index (χ0) is 9.03. The summed E-state index contributed by atoms with van der Waals surface area (Å²) in [5.41, 5.74) is 10.6. The summed E-state index contributed by atoms with van der Waals surface area (Å²) in [6, 6.07) is 9.45. The third-order valence-corrected chi connectivity index (χ3v) is 1.57. The molecule has 0 bridgehead atoms. The van der Waals surface area contributed by atoms with Crippen molar-refractivity contribution in [3.05, 3.63) is 35.9 Å². The molecule has 0 spiro atoms. The first kappa shape index (κ1) is 8.90. The summed E-state index contributed by atoms with van der Waals surface area (Å²) in [6.07, 6.45) is 0.942. The van der Waals surface area contributed by atoms with Gasteiger partial charge in [-0.05, 0) is 5.56 Å². The number of carbonyl (C=O) groups is 1. The lowest BCUT2D eigenvalue weighted by Crippen LogP contribution is -2.52. The lowest BCUT2D eigenvalue weighted by molar-refractivity contribution is -0.112. The summed E-state index contributed by atoms with van der Waals surface area (Å²) in [5.74, 6) is 0. The van der Waals surface area contributed by atoms with Gasteiger partial charge in [-0.1, -0.05) is 30.3 Å². The molecule has 0 aliphatic heterocycles. The van der Waals surface area contributed by atoms with Gasteiger partial charge in [-0.3, -0.25) is 4.79 Å². The van der Waals surface area contributed by atoms with Gasteiger partial charge >= 0.3 is 0 Å². The number of nitrogens with two attached hydrogens (primary N) is 2. The molecule has 1 aromatic carbocycles. The molecule has 4 N–H and O–H groups in total. The lowest BCUT2D eigenvalue weighted by Gasteiger charge is -2.16. The highest BCUT2D eigenvalue weighted by Crippen LogP contribution is 2.03. The Hall–Kier alpha value is -1.19. The van der Waals surface area contributed by atoms with Crippen LogP contribution in [0.5, 0.6) is 0 Å². The molecule has 0 aliphatic rings. The first-order chi connectivity index (χ1) is 5.64. The molecule has 0 unspecified atom stereocenters. The number of benzene rings is 1. The van der Waals surface area contributed by atoms with Crippen LogP contribution in [0.1, 0.15) is 5.56 Å². The molecule has 1 aromatic rings. The average Bonchev–Trinajstić information content (AvgIpc) is 2.06. The topological polar surface area (TPSA) is 69.1 Å². The minimum atomic E-state index is -1.23. The van der Waals surface area contributed by atoms with Crippen molar-refractivity contribution >= 4 is 6.29 Å². The second-order valence-electron chi connectivity index (χ2n) is 2.89. The maximum absolute atomic E-state index is 10.4. The molecule has 0 aromatic heterocycles. The first-order valence-corrected chi connectivity index (χ1v) is 3.72. The molecule has 3 heteroatoms. The van der Waals surface area contributed by atoms with Crippen molar-refractivity contribution in [1.82, 2.24) is 0 Å². The summed E-state index contributed by atoms with van der Waals surface area (Å²) in [5, 5.41) is 0. The van der Waals surface area contributed by atoms with E-state index in [1.54, 1.807) is 0 Å². The van der Waals surface area contributed by atoms with E-state index in [0.717, 1.165) is 5.56 Å². The van der Waals surface area contributed by atoms with Crippen LogP contribution in [0, 0.1) is 0 Å². The van der Waals surface area contributed by atoms with Gasteiger partial charge in [0.1, 0.15) is 5.66 Å². The van der Waals surface area contributed by atoms with Crippen LogP contribution in [0.4, 0.5) is 0 Å². The lowest BCUT2D eigenvalue weighted by atomic mass is 10.0. The Labute approximate surface area is 71.4 Å². The molecule has 0 saturated carbocycles. The van der Waals surface area contributed by atoms with E-state index >= 15 is 0 Å². The largest absolute Gasteiger partial charge is 0.307 e. The quantitative estimate of drug-likeness (QED) is 0.489. The SMILES string of the molecule is NC(N)(C=O)Cc1ccccc1. The molecule has 0 aliphatic carbocycles. The molecular formula is C9H12N2O. The van der Waals surface area contributed by atoms with Gasteiger partial charge in [0.25, 0.3) is 0 Å². The summed E-state index contributed by atoms with van der Waals surface area (Å²) in [6.45, 7) is 0. The van der Waals surface area contributed by atoms with Gasteiger partial charge in [0.2, 0.25) is 0 Å². The summed E-state index contributed by atoms with van der Waals surface area (Å²) in [7, 11) is 0.